The molecule has 0 atom stereocenters. The summed E-state index contributed by atoms with van der Waals surface area (Å²) in [6.07, 6.45) is 8.14. The topological polar surface area (TPSA) is 49.3 Å². The maximum atomic E-state index is 12.9. The Balaban J connectivity index is 1.75. The van der Waals surface area contributed by atoms with Crippen LogP contribution in [-0.4, -0.2) is 58.9 Å². The molecule has 0 N–H and O–H groups in total. The lowest BCUT2D eigenvalue weighted by molar-refractivity contribution is 0.0735. The smallest absolute Gasteiger partial charge is 0.272 e. The van der Waals surface area contributed by atoms with Gasteiger partial charge in [0, 0.05) is 24.7 Å². The zero-order valence-corrected chi connectivity index (χ0v) is 15.1. The van der Waals surface area contributed by atoms with Gasteiger partial charge in [0.2, 0.25) is 0 Å². The Morgan fingerprint density at radius 1 is 1.00 bits per heavy atom. The van der Waals surface area contributed by atoms with Gasteiger partial charge in [-0.25, -0.2) is 9.97 Å². The van der Waals surface area contributed by atoms with Gasteiger partial charge in [0.1, 0.15) is 11.5 Å². The summed E-state index contributed by atoms with van der Waals surface area (Å²) in [7, 11) is 2.16. The maximum absolute atomic E-state index is 12.9. The fourth-order valence-corrected chi connectivity index (χ4v) is 3.76. The van der Waals surface area contributed by atoms with Crippen molar-refractivity contribution in [1.82, 2.24) is 19.8 Å². The first kappa shape index (κ1) is 17.3. The summed E-state index contributed by atoms with van der Waals surface area (Å²) < 4.78 is 0. The average molecular weight is 330 g/mol. The molecule has 24 heavy (non-hydrogen) atoms. The molecule has 0 unspecified atom stereocenters. The highest BCUT2D eigenvalue weighted by atomic mass is 16.2. The third kappa shape index (κ3) is 4.32. The lowest BCUT2D eigenvalue weighted by Gasteiger charge is -2.28. The molecule has 3 rings (SSSR count). The zero-order valence-electron chi connectivity index (χ0n) is 15.1. The Kier molecular flexibility index (Phi) is 5.82. The number of nitrogens with zero attached hydrogens (tertiary/aromatic N) is 4. The predicted octanol–water partition coefficient (Wildman–Crippen LogP) is 3.00. The van der Waals surface area contributed by atoms with E-state index in [4.69, 9.17) is 4.98 Å². The largest absolute Gasteiger partial charge is 0.337 e. The first-order chi connectivity index (χ1) is 11.6. The van der Waals surface area contributed by atoms with E-state index in [1.54, 1.807) is 0 Å². The summed E-state index contributed by atoms with van der Waals surface area (Å²) in [4.78, 5) is 26.6. The third-order valence-electron chi connectivity index (χ3n) is 5.32. The second-order valence-corrected chi connectivity index (χ2v) is 7.39. The second kappa shape index (κ2) is 8.06. The summed E-state index contributed by atoms with van der Waals surface area (Å²) in [5, 5.41) is 0. The van der Waals surface area contributed by atoms with Crippen LogP contribution in [0, 0.1) is 6.92 Å². The van der Waals surface area contributed by atoms with Crippen molar-refractivity contribution in [3.63, 3.8) is 0 Å². The monoisotopic (exact) mass is 330 g/mol. The molecule has 0 spiro atoms. The summed E-state index contributed by atoms with van der Waals surface area (Å²) in [6.45, 7) is 5.87. The molecule has 132 valence electrons. The van der Waals surface area contributed by atoms with E-state index in [2.05, 4.69) is 16.9 Å². The molecule has 2 aliphatic heterocycles. The van der Waals surface area contributed by atoms with Crippen molar-refractivity contribution in [1.29, 1.82) is 0 Å². The highest BCUT2D eigenvalue weighted by molar-refractivity contribution is 5.92. The van der Waals surface area contributed by atoms with Crippen molar-refractivity contribution >= 4 is 5.91 Å². The SMILES string of the molecule is Cc1cc(C(=O)N2CCCCCCC2)nc(C2CCN(C)CC2)n1. The van der Waals surface area contributed by atoms with Gasteiger partial charge >= 0.3 is 0 Å². The fraction of sp³-hybridized carbons (Fsp3) is 0.737. The Labute approximate surface area is 145 Å². The Hall–Kier alpha value is -1.49. The Morgan fingerprint density at radius 3 is 2.29 bits per heavy atom. The van der Waals surface area contributed by atoms with Gasteiger partial charge in [0.05, 0.1) is 0 Å². The van der Waals surface area contributed by atoms with Crippen LogP contribution in [-0.2, 0) is 0 Å². The van der Waals surface area contributed by atoms with Gasteiger partial charge in [-0.05, 0) is 58.8 Å². The highest BCUT2D eigenvalue weighted by Crippen LogP contribution is 2.25. The first-order valence-electron chi connectivity index (χ1n) is 9.47. The summed E-state index contributed by atoms with van der Waals surface area (Å²) in [5.41, 5.74) is 1.51. The number of aryl methyl sites for hydroxylation is 1. The van der Waals surface area contributed by atoms with E-state index in [9.17, 15) is 4.79 Å². The average Bonchev–Trinajstić information content (AvgIpc) is 2.54. The molecule has 0 saturated carbocycles. The normalized spacial score (nSPS) is 21.3. The summed E-state index contributed by atoms with van der Waals surface area (Å²) >= 11 is 0. The summed E-state index contributed by atoms with van der Waals surface area (Å²) in [5.74, 6) is 1.36. The van der Waals surface area contributed by atoms with Gasteiger partial charge in [-0.15, -0.1) is 0 Å². The molecule has 5 heteroatoms. The fourth-order valence-electron chi connectivity index (χ4n) is 3.76. The molecule has 2 fully saturated rings. The van der Waals surface area contributed by atoms with Crippen molar-refractivity contribution in [2.24, 2.45) is 0 Å². The Bertz CT molecular complexity index is 558. The van der Waals surface area contributed by atoms with Crippen LogP contribution in [0.3, 0.4) is 0 Å². The molecule has 3 heterocycles. The van der Waals surface area contributed by atoms with Crippen molar-refractivity contribution in [3.8, 4) is 0 Å². The third-order valence-corrected chi connectivity index (χ3v) is 5.32. The van der Waals surface area contributed by atoms with Crippen LogP contribution in [0.5, 0.6) is 0 Å². The Morgan fingerprint density at radius 2 is 1.62 bits per heavy atom. The zero-order chi connectivity index (χ0) is 16.9. The molecule has 1 aromatic heterocycles. The molecule has 0 bridgehead atoms. The van der Waals surface area contributed by atoms with E-state index in [0.717, 1.165) is 63.4 Å². The number of piperidine rings is 1. The van der Waals surface area contributed by atoms with Crippen molar-refractivity contribution in [2.45, 2.75) is 57.8 Å². The standard InChI is InChI=1S/C19H30N4O/c1-15-14-17(19(24)23-10-6-4-3-5-7-11-23)21-18(20-15)16-8-12-22(2)13-9-16/h14,16H,3-13H2,1-2H3. The molecule has 0 aliphatic carbocycles. The molecule has 2 aliphatic rings. The minimum absolute atomic E-state index is 0.0941. The summed E-state index contributed by atoms with van der Waals surface area (Å²) in [6, 6.07) is 1.86. The van der Waals surface area contributed by atoms with E-state index in [0.29, 0.717) is 11.6 Å². The molecular weight excluding hydrogens is 300 g/mol. The van der Waals surface area contributed by atoms with Gasteiger partial charge in [0.25, 0.3) is 5.91 Å². The molecule has 0 aromatic carbocycles. The van der Waals surface area contributed by atoms with Gasteiger partial charge in [-0.3, -0.25) is 4.79 Å². The maximum Gasteiger partial charge on any atom is 0.272 e. The number of likely N-dealkylation sites (tertiary alicyclic amines) is 2. The van der Waals surface area contributed by atoms with Gasteiger partial charge in [-0.1, -0.05) is 19.3 Å². The second-order valence-electron chi connectivity index (χ2n) is 7.39. The predicted molar refractivity (Wildman–Crippen MR) is 95.2 cm³/mol. The van der Waals surface area contributed by atoms with E-state index >= 15 is 0 Å². The van der Waals surface area contributed by atoms with E-state index in [-0.39, 0.29) is 5.91 Å². The van der Waals surface area contributed by atoms with Crippen LogP contribution in [0.2, 0.25) is 0 Å². The lowest BCUT2D eigenvalue weighted by Crippen LogP contribution is -2.35. The number of carbonyl (C=O) groups is 1. The van der Waals surface area contributed by atoms with E-state index in [1.807, 2.05) is 17.9 Å². The molecule has 1 amide bonds. The number of amides is 1. The lowest BCUT2D eigenvalue weighted by atomic mass is 9.96. The van der Waals surface area contributed by atoms with Gasteiger partial charge in [-0.2, -0.15) is 0 Å². The van der Waals surface area contributed by atoms with Crippen molar-refractivity contribution in [3.05, 3.63) is 23.3 Å². The number of hydrogen-bond donors (Lipinski definition) is 0. The first-order valence-corrected chi connectivity index (χ1v) is 9.47. The van der Waals surface area contributed by atoms with Gasteiger partial charge < -0.3 is 9.80 Å². The van der Waals surface area contributed by atoms with Crippen LogP contribution >= 0.6 is 0 Å². The highest BCUT2D eigenvalue weighted by Gasteiger charge is 2.24. The van der Waals surface area contributed by atoms with Gasteiger partial charge in [0.15, 0.2) is 0 Å². The molecule has 2 saturated heterocycles. The van der Waals surface area contributed by atoms with Crippen LogP contribution < -0.4 is 0 Å². The van der Waals surface area contributed by atoms with Crippen LogP contribution in [0.15, 0.2) is 6.07 Å². The quantitative estimate of drug-likeness (QED) is 0.836. The number of carbonyl (C=O) groups excluding carboxylic acids is 1. The molecule has 5 nitrogen and oxygen atoms in total. The van der Waals surface area contributed by atoms with Crippen LogP contribution in [0.4, 0.5) is 0 Å². The van der Waals surface area contributed by atoms with E-state index in [1.165, 1.54) is 19.3 Å². The number of hydrogen-bond acceptors (Lipinski definition) is 4. The minimum atomic E-state index is 0.0941. The number of aromatic nitrogens is 2. The number of rotatable bonds is 2. The molecular formula is C19H30N4O. The van der Waals surface area contributed by atoms with Crippen LogP contribution in [0.25, 0.3) is 0 Å². The van der Waals surface area contributed by atoms with Crippen LogP contribution in [0.1, 0.15) is 72.9 Å². The molecule has 1 aromatic rings. The minimum Gasteiger partial charge on any atom is -0.337 e. The van der Waals surface area contributed by atoms with E-state index < -0.39 is 0 Å². The van der Waals surface area contributed by atoms with Crippen molar-refractivity contribution < 1.29 is 4.79 Å². The molecule has 0 radical (unpaired) electrons. The van der Waals surface area contributed by atoms with Crippen molar-refractivity contribution in [2.75, 3.05) is 33.2 Å².